The molecule has 1 aromatic heterocycles. The Morgan fingerprint density at radius 3 is 2.67 bits per heavy atom. The van der Waals surface area contributed by atoms with Crippen LogP contribution in [0.3, 0.4) is 0 Å². The highest BCUT2D eigenvalue weighted by Crippen LogP contribution is 2.16. The average molecular weight is 294 g/mol. The zero-order valence-electron chi connectivity index (χ0n) is 10.3. The SMILES string of the molecule is CCCc1nc(S(=O)(=O)Cl)cn1CC(C)C(N)=O. The van der Waals surface area contributed by atoms with Gasteiger partial charge in [0, 0.05) is 29.8 Å². The minimum absolute atomic E-state index is 0.190. The van der Waals surface area contributed by atoms with Gasteiger partial charge in [0.1, 0.15) is 5.82 Å². The van der Waals surface area contributed by atoms with Crippen molar-refractivity contribution in [3.8, 4) is 0 Å². The number of imidazole rings is 1. The number of rotatable bonds is 6. The van der Waals surface area contributed by atoms with E-state index in [-0.39, 0.29) is 5.03 Å². The van der Waals surface area contributed by atoms with E-state index in [1.807, 2.05) is 6.92 Å². The molecule has 0 aliphatic carbocycles. The summed E-state index contributed by atoms with van der Waals surface area (Å²) in [7, 11) is 1.39. The second kappa shape index (κ2) is 5.71. The van der Waals surface area contributed by atoms with Gasteiger partial charge in [-0.25, -0.2) is 13.4 Å². The van der Waals surface area contributed by atoms with Gasteiger partial charge in [-0.15, -0.1) is 0 Å². The molecule has 2 N–H and O–H groups in total. The lowest BCUT2D eigenvalue weighted by atomic mass is 10.1. The van der Waals surface area contributed by atoms with Crippen molar-refractivity contribution in [3.05, 3.63) is 12.0 Å². The van der Waals surface area contributed by atoms with Crippen molar-refractivity contribution < 1.29 is 13.2 Å². The maximum absolute atomic E-state index is 11.2. The molecule has 0 spiro atoms. The van der Waals surface area contributed by atoms with Crippen LogP contribution in [0.1, 0.15) is 26.1 Å². The average Bonchev–Trinajstić information content (AvgIpc) is 2.61. The van der Waals surface area contributed by atoms with Crippen LogP contribution < -0.4 is 5.73 Å². The Kier molecular flexibility index (Phi) is 4.75. The third kappa shape index (κ3) is 3.71. The Bertz CT molecular complexity index is 539. The van der Waals surface area contributed by atoms with Gasteiger partial charge in [-0.1, -0.05) is 13.8 Å². The highest BCUT2D eigenvalue weighted by atomic mass is 35.7. The molecule has 0 aliphatic heterocycles. The maximum atomic E-state index is 11.2. The van der Waals surface area contributed by atoms with E-state index in [1.54, 1.807) is 11.5 Å². The summed E-state index contributed by atoms with van der Waals surface area (Å²) in [5.74, 6) is -0.257. The monoisotopic (exact) mass is 293 g/mol. The lowest BCUT2D eigenvalue weighted by Gasteiger charge is -2.10. The third-order valence-corrected chi connectivity index (χ3v) is 3.69. The van der Waals surface area contributed by atoms with Crippen molar-refractivity contribution in [3.63, 3.8) is 0 Å². The van der Waals surface area contributed by atoms with E-state index >= 15 is 0 Å². The molecule has 102 valence electrons. The van der Waals surface area contributed by atoms with Crippen LogP contribution in [-0.4, -0.2) is 23.9 Å². The van der Waals surface area contributed by atoms with Crippen LogP contribution in [0.5, 0.6) is 0 Å². The van der Waals surface area contributed by atoms with Gasteiger partial charge in [0.2, 0.25) is 5.91 Å². The molecule has 8 heteroatoms. The predicted molar refractivity (Wildman–Crippen MR) is 67.6 cm³/mol. The minimum Gasteiger partial charge on any atom is -0.369 e. The van der Waals surface area contributed by atoms with Crippen LogP contribution >= 0.6 is 10.7 Å². The Morgan fingerprint density at radius 2 is 2.22 bits per heavy atom. The van der Waals surface area contributed by atoms with Crippen molar-refractivity contribution in [1.29, 1.82) is 0 Å². The zero-order chi connectivity index (χ0) is 13.9. The van der Waals surface area contributed by atoms with Crippen LogP contribution in [0.4, 0.5) is 0 Å². The van der Waals surface area contributed by atoms with E-state index < -0.39 is 20.9 Å². The number of carbonyl (C=O) groups excluding carboxylic acids is 1. The molecule has 0 bridgehead atoms. The van der Waals surface area contributed by atoms with Crippen molar-refractivity contribution >= 4 is 25.6 Å². The van der Waals surface area contributed by atoms with E-state index in [1.165, 1.54) is 6.20 Å². The van der Waals surface area contributed by atoms with Gasteiger partial charge in [-0.05, 0) is 6.42 Å². The number of carbonyl (C=O) groups is 1. The molecule has 1 heterocycles. The van der Waals surface area contributed by atoms with Crippen LogP contribution in [0.2, 0.25) is 0 Å². The Balaban J connectivity index is 3.09. The molecule has 0 saturated carbocycles. The summed E-state index contributed by atoms with van der Waals surface area (Å²) in [6.07, 6.45) is 2.76. The van der Waals surface area contributed by atoms with E-state index in [0.29, 0.717) is 18.8 Å². The van der Waals surface area contributed by atoms with Crippen LogP contribution in [0.25, 0.3) is 0 Å². The number of aryl methyl sites for hydroxylation is 1. The first-order valence-electron chi connectivity index (χ1n) is 5.55. The summed E-state index contributed by atoms with van der Waals surface area (Å²) in [6, 6.07) is 0. The molecular formula is C10H16ClN3O3S. The predicted octanol–water partition coefficient (Wildman–Crippen LogP) is 0.885. The Hall–Kier alpha value is -1.08. The Labute approximate surface area is 111 Å². The normalized spacial score (nSPS) is 13.5. The van der Waals surface area contributed by atoms with Crippen LogP contribution in [0.15, 0.2) is 11.2 Å². The molecule has 0 radical (unpaired) electrons. The van der Waals surface area contributed by atoms with Crippen molar-refractivity contribution in [2.75, 3.05) is 0 Å². The van der Waals surface area contributed by atoms with Gasteiger partial charge in [0.15, 0.2) is 5.03 Å². The van der Waals surface area contributed by atoms with E-state index in [9.17, 15) is 13.2 Å². The fraction of sp³-hybridized carbons (Fsp3) is 0.600. The molecule has 1 atom stereocenters. The highest BCUT2D eigenvalue weighted by Gasteiger charge is 2.19. The number of nitrogens with zero attached hydrogens (tertiary/aromatic N) is 2. The van der Waals surface area contributed by atoms with Gasteiger partial charge >= 0.3 is 0 Å². The van der Waals surface area contributed by atoms with Gasteiger partial charge < -0.3 is 10.3 Å². The number of nitrogens with two attached hydrogens (primary N) is 1. The second-order valence-electron chi connectivity index (χ2n) is 4.14. The number of primary amides is 1. The molecular weight excluding hydrogens is 278 g/mol. The maximum Gasteiger partial charge on any atom is 0.280 e. The van der Waals surface area contributed by atoms with E-state index in [4.69, 9.17) is 16.4 Å². The van der Waals surface area contributed by atoms with Crippen molar-refractivity contribution in [2.24, 2.45) is 11.7 Å². The van der Waals surface area contributed by atoms with Gasteiger partial charge in [0.25, 0.3) is 9.05 Å². The second-order valence-corrected chi connectivity index (χ2v) is 6.65. The fourth-order valence-corrected chi connectivity index (χ4v) is 2.20. The first kappa shape index (κ1) is 15.0. The summed E-state index contributed by atoms with van der Waals surface area (Å²) in [6.45, 7) is 3.92. The van der Waals surface area contributed by atoms with Gasteiger partial charge in [-0.3, -0.25) is 4.79 Å². The molecule has 0 aromatic carbocycles. The lowest BCUT2D eigenvalue weighted by Crippen LogP contribution is -2.25. The molecule has 1 amide bonds. The molecule has 0 saturated heterocycles. The molecule has 6 nitrogen and oxygen atoms in total. The third-order valence-electron chi connectivity index (χ3n) is 2.52. The quantitative estimate of drug-likeness (QED) is 0.788. The summed E-state index contributed by atoms with van der Waals surface area (Å²) >= 11 is 0. The topological polar surface area (TPSA) is 95.1 Å². The number of halogens is 1. The zero-order valence-corrected chi connectivity index (χ0v) is 11.8. The fourth-order valence-electron chi connectivity index (χ4n) is 1.51. The first-order valence-corrected chi connectivity index (χ1v) is 7.86. The van der Waals surface area contributed by atoms with Crippen LogP contribution in [-0.2, 0) is 26.8 Å². The van der Waals surface area contributed by atoms with E-state index in [2.05, 4.69) is 4.98 Å². The van der Waals surface area contributed by atoms with Crippen molar-refractivity contribution in [2.45, 2.75) is 38.3 Å². The first-order chi connectivity index (χ1) is 8.25. The molecule has 1 aromatic rings. The standard InChI is InChI=1S/C10H16ClN3O3S/c1-3-4-8-13-9(18(11,16)17)6-14(8)5-7(2)10(12)15/h6-7H,3-5H2,1-2H3,(H2,12,15). The minimum atomic E-state index is -3.85. The highest BCUT2D eigenvalue weighted by molar-refractivity contribution is 8.13. The molecule has 0 aliphatic rings. The molecule has 1 unspecified atom stereocenters. The van der Waals surface area contributed by atoms with Crippen molar-refractivity contribution in [1.82, 2.24) is 9.55 Å². The van der Waals surface area contributed by atoms with Gasteiger partial charge in [0.05, 0.1) is 5.92 Å². The summed E-state index contributed by atoms with van der Waals surface area (Å²) in [4.78, 5) is 15.0. The summed E-state index contributed by atoms with van der Waals surface area (Å²) < 4.78 is 24.1. The molecule has 18 heavy (non-hydrogen) atoms. The number of hydrogen-bond acceptors (Lipinski definition) is 4. The summed E-state index contributed by atoms with van der Waals surface area (Å²) in [5.41, 5.74) is 5.18. The summed E-state index contributed by atoms with van der Waals surface area (Å²) in [5, 5.41) is -0.190. The van der Waals surface area contributed by atoms with Gasteiger partial charge in [-0.2, -0.15) is 0 Å². The largest absolute Gasteiger partial charge is 0.369 e. The Morgan fingerprint density at radius 1 is 1.61 bits per heavy atom. The number of aromatic nitrogens is 2. The lowest BCUT2D eigenvalue weighted by molar-refractivity contribution is -0.121. The molecule has 1 rings (SSSR count). The van der Waals surface area contributed by atoms with Crippen LogP contribution in [0, 0.1) is 5.92 Å². The molecule has 0 fully saturated rings. The number of hydrogen-bond donors (Lipinski definition) is 1. The van der Waals surface area contributed by atoms with E-state index in [0.717, 1.165) is 6.42 Å². The number of amides is 1. The smallest absolute Gasteiger partial charge is 0.280 e.